The van der Waals surface area contributed by atoms with Crippen LogP contribution in [0.2, 0.25) is 5.02 Å². The lowest BCUT2D eigenvalue weighted by Gasteiger charge is -2.15. The smallest absolute Gasteiger partial charge is 0.0678 e. The molecule has 3 nitrogen and oxygen atoms in total. The topological polar surface area (TPSA) is 54.7 Å². The highest BCUT2D eigenvalue weighted by Crippen LogP contribution is 2.27. The number of aromatic amines is 1. The third-order valence-corrected chi connectivity index (χ3v) is 3.50. The van der Waals surface area contributed by atoms with E-state index < -0.39 is 0 Å². The van der Waals surface area contributed by atoms with E-state index in [1.165, 1.54) is 0 Å². The Hall–Kier alpha value is -1.32. The lowest BCUT2D eigenvalue weighted by atomic mass is 9.90. The fraction of sp³-hybridized carbons (Fsp3) is 0.400. The van der Waals surface area contributed by atoms with Gasteiger partial charge in [-0.15, -0.1) is 0 Å². The van der Waals surface area contributed by atoms with E-state index in [0.717, 1.165) is 22.0 Å². The molecule has 1 aromatic carbocycles. The van der Waals surface area contributed by atoms with Gasteiger partial charge in [0.15, 0.2) is 0 Å². The Morgan fingerprint density at radius 3 is 2.37 bits per heavy atom. The summed E-state index contributed by atoms with van der Waals surface area (Å²) < 4.78 is 0. The van der Waals surface area contributed by atoms with Crippen LogP contribution in [-0.2, 0) is 5.41 Å². The molecule has 0 amide bonds. The molecule has 19 heavy (non-hydrogen) atoms. The Labute approximate surface area is 119 Å². The molecule has 102 valence electrons. The van der Waals surface area contributed by atoms with E-state index in [9.17, 15) is 0 Å². The average molecular weight is 278 g/mol. The van der Waals surface area contributed by atoms with Crippen molar-refractivity contribution in [2.24, 2.45) is 5.73 Å². The molecular weight excluding hydrogens is 258 g/mol. The van der Waals surface area contributed by atoms with Gasteiger partial charge in [0, 0.05) is 28.6 Å². The van der Waals surface area contributed by atoms with Crippen molar-refractivity contribution in [3.05, 3.63) is 52.3 Å². The number of benzene rings is 1. The van der Waals surface area contributed by atoms with Crippen molar-refractivity contribution in [3.8, 4) is 0 Å². The molecule has 0 spiro atoms. The zero-order valence-electron chi connectivity index (χ0n) is 11.6. The summed E-state index contributed by atoms with van der Waals surface area (Å²) in [7, 11) is 0. The van der Waals surface area contributed by atoms with Crippen molar-refractivity contribution < 1.29 is 0 Å². The minimum Gasteiger partial charge on any atom is -0.329 e. The third kappa shape index (κ3) is 3.17. The summed E-state index contributed by atoms with van der Waals surface area (Å²) >= 11 is 5.92. The Balaban J connectivity index is 2.32. The Morgan fingerprint density at radius 1 is 1.26 bits per heavy atom. The highest BCUT2D eigenvalue weighted by Gasteiger charge is 2.21. The van der Waals surface area contributed by atoms with E-state index in [4.69, 9.17) is 17.3 Å². The highest BCUT2D eigenvalue weighted by molar-refractivity contribution is 6.30. The molecule has 0 aliphatic rings. The molecule has 1 aromatic heterocycles. The summed E-state index contributed by atoms with van der Waals surface area (Å²) in [6, 6.07) is 9.90. The van der Waals surface area contributed by atoms with Gasteiger partial charge >= 0.3 is 0 Å². The SMILES string of the molecule is CC(C)(C)c1cc(C(CN)c2ccc(Cl)cc2)[nH]n1. The van der Waals surface area contributed by atoms with E-state index in [-0.39, 0.29) is 11.3 Å². The summed E-state index contributed by atoms with van der Waals surface area (Å²) in [5, 5.41) is 8.24. The summed E-state index contributed by atoms with van der Waals surface area (Å²) in [5.41, 5.74) is 9.20. The molecule has 0 radical (unpaired) electrons. The molecule has 4 heteroatoms. The maximum Gasteiger partial charge on any atom is 0.0678 e. The van der Waals surface area contributed by atoms with Gasteiger partial charge in [0.1, 0.15) is 0 Å². The van der Waals surface area contributed by atoms with Gasteiger partial charge < -0.3 is 5.73 Å². The summed E-state index contributed by atoms with van der Waals surface area (Å²) in [6.45, 7) is 6.97. The Bertz CT molecular complexity index is 537. The fourth-order valence-electron chi connectivity index (χ4n) is 2.04. The molecule has 0 fully saturated rings. The molecule has 2 aromatic rings. The maximum atomic E-state index is 5.92. The molecule has 1 unspecified atom stereocenters. The van der Waals surface area contributed by atoms with Gasteiger partial charge in [0.2, 0.25) is 0 Å². The first-order valence-electron chi connectivity index (χ1n) is 6.43. The monoisotopic (exact) mass is 277 g/mol. The molecule has 0 saturated heterocycles. The van der Waals surface area contributed by atoms with Crippen molar-refractivity contribution in [3.63, 3.8) is 0 Å². The number of H-pyrrole nitrogens is 1. The van der Waals surface area contributed by atoms with Gasteiger partial charge in [-0.1, -0.05) is 44.5 Å². The number of hydrogen-bond donors (Lipinski definition) is 2. The van der Waals surface area contributed by atoms with Crippen LogP contribution in [0.1, 0.15) is 43.6 Å². The second-order valence-electron chi connectivity index (χ2n) is 5.80. The first-order valence-corrected chi connectivity index (χ1v) is 6.81. The maximum absolute atomic E-state index is 5.92. The van der Waals surface area contributed by atoms with E-state index in [0.29, 0.717) is 6.54 Å². The molecule has 0 bridgehead atoms. The van der Waals surface area contributed by atoms with Gasteiger partial charge in [0.25, 0.3) is 0 Å². The normalized spacial score (nSPS) is 13.5. The molecular formula is C15H20ClN3. The number of halogens is 1. The van der Waals surface area contributed by atoms with Crippen molar-refractivity contribution in [1.82, 2.24) is 10.2 Å². The van der Waals surface area contributed by atoms with Crippen LogP contribution in [0, 0.1) is 0 Å². The van der Waals surface area contributed by atoms with Crippen LogP contribution >= 0.6 is 11.6 Å². The van der Waals surface area contributed by atoms with Crippen LogP contribution < -0.4 is 5.73 Å². The van der Waals surface area contributed by atoms with Crippen molar-refractivity contribution in [1.29, 1.82) is 0 Å². The minimum atomic E-state index is 0.0356. The summed E-state index contributed by atoms with van der Waals surface area (Å²) in [5.74, 6) is 0.126. The molecule has 1 atom stereocenters. The quantitative estimate of drug-likeness (QED) is 0.903. The standard InChI is InChI=1S/C15H20ClN3/c1-15(2,3)14-8-13(18-19-14)12(9-17)10-4-6-11(16)7-5-10/h4-8,12H,9,17H2,1-3H3,(H,18,19). The number of nitrogens with zero attached hydrogens (tertiary/aromatic N) is 1. The van der Waals surface area contributed by atoms with Crippen molar-refractivity contribution >= 4 is 11.6 Å². The van der Waals surface area contributed by atoms with Crippen LogP contribution in [0.5, 0.6) is 0 Å². The lowest BCUT2D eigenvalue weighted by molar-refractivity contribution is 0.567. The van der Waals surface area contributed by atoms with Gasteiger partial charge in [-0.3, -0.25) is 5.10 Å². The van der Waals surface area contributed by atoms with Crippen LogP contribution in [-0.4, -0.2) is 16.7 Å². The molecule has 0 aliphatic carbocycles. The van der Waals surface area contributed by atoms with Gasteiger partial charge in [-0.05, 0) is 23.8 Å². The van der Waals surface area contributed by atoms with E-state index in [2.05, 4.69) is 37.0 Å². The number of rotatable bonds is 3. The summed E-state index contributed by atoms with van der Waals surface area (Å²) in [4.78, 5) is 0. The largest absolute Gasteiger partial charge is 0.329 e. The first kappa shape index (κ1) is 14.1. The summed E-state index contributed by atoms with van der Waals surface area (Å²) in [6.07, 6.45) is 0. The average Bonchev–Trinajstić information content (AvgIpc) is 2.82. The van der Waals surface area contributed by atoms with Crippen molar-refractivity contribution in [2.75, 3.05) is 6.54 Å². The predicted molar refractivity (Wildman–Crippen MR) is 79.6 cm³/mol. The second-order valence-corrected chi connectivity index (χ2v) is 6.23. The highest BCUT2D eigenvalue weighted by atomic mass is 35.5. The van der Waals surface area contributed by atoms with Crippen LogP contribution in [0.15, 0.2) is 30.3 Å². The Kier molecular flexibility index (Phi) is 3.97. The minimum absolute atomic E-state index is 0.0356. The van der Waals surface area contributed by atoms with Crippen molar-refractivity contribution in [2.45, 2.75) is 32.1 Å². The van der Waals surface area contributed by atoms with Crippen LogP contribution in [0.25, 0.3) is 0 Å². The molecule has 0 saturated carbocycles. The predicted octanol–water partition coefficient (Wildman–Crippen LogP) is 3.45. The third-order valence-electron chi connectivity index (χ3n) is 3.25. The zero-order chi connectivity index (χ0) is 14.0. The number of nitrogens with two attached hydrogens (primary N) is 1. The van der Waals surface area contributed by atoms with E-state index in [1.807, 2.05) is 24.3 Å². The second kappa shape index (κ2) is 5.35. The number of aromatic nitrogens is 2. The van der Waals surface area contributed by atoms with E-state index >= 15 is 0 Å². The van der Waals surface area contributed by atoms with Gasteiger partial charge in [-0.2, -0.15) is 5.10 Å². The fourth-order valence-corrected chi connectivity index (χ4v) is 2.16. The lowest BCUT2D eigenvalue weighted by Crippen LogP contribution is -2.14. The molecule has 0 aliphatic heterocycles. The van der Waals surface area contributed by atoms with Crippen LogP contribution in [0.4, 0.5) is 0 Å². The van der Waals surface area contributed by atoms with Gasteiger partial charge in [0.05, 0.1) is 5.69 Å². The molecule has 3 N–H and O–H groups in total. The van der Waals surface area contributed by atoms with Gasteiger partial charge in [-0.25, -0.2) is 0 Å². The first-order chi connectivity index (χ1) is 8.91. The number of nitrogens with one attached hydrogen (secondary N) is 1. The number of hydrogen-bond acceptors (Lipinski definition) is 2. The van der Waals surface area contributed by atoms with Crippen LogP contribution in [0.3, 0.4) is 0 Å². The van der Waals surface area contributed by atoms with E-state index in [1.54, 1.807) is 0 Å². The zero-order valence-corrected chi connectivity index (χ0v) is 12.3. The molecule has 2 rings (SSSR count). The Morgan fingerprint density at radius 2 is 1.89 bits per heavy atom. The molecule has 1 heterocycles.